The van der Waals surface area contributed by atoms with Gasteiger partial charge in [0.1, 0.15) is 0 Å². The molecule has 50 valence electrons. The largest absolute Gasteiger partial charge is 0.334 e. The quantitative estimate of drug-likeness (QED) is 0.480. The van der Waals surface area contributed by atoms with E-state index in [1.54, 1.807) is 4.90 Å². The van der Waals surface area contributed by atoms with Crippen molar-refractivity contribution in [1.29, 1.82) is 0 Å². The Morgan fingerprint density at radius 3 is 2.44 bits per heavy atom. The van der Waals surface area contributed by atoms with Crippen molar-refractivity contribution in [3.63, 3.8) is 0 Å². The third-order valence-electron chi connectivity index (χ3n) is 1.62. The molecule has 1 heterocycles. The van der Waals surface area contributed by atoms with Gasteiger partial charge in [0.05, 0.1) is 0 Å². The molecule has 3 heteroatoms. The van der Waals surface area contributed by atoms with Gasteiger partial charge in [-0.1, -0.05) is 0 Å². The van der Waals surface area contributed by atoms with Crippen molar-refractivity contribution in [1.82, 2.24) is 10.6 Å². The third-order valence-corrected chi connectivity index (χ3v) is 1.62. The Labute approximate surface area is 54.8 Å². The average Bonchev–Trinajstić information content (AvgIpc) is 1.90. The van der Waals surface area contributed by atoms with Gasteiger partial charge in [-0.05, 0) is 12.8 Å². The zero-order valence-corrected chi connectivity index (χ0v) is 5.26. The molecule has 1 aliphatic heterocycles. The number of hydrogen-bond donors (Lipinski definition) is 0. The molecule has 3 nitrogen and oxygen atoms in total. The lowest BCUT2D eigenvalue weighted by Crippen LogP contribution is -2.35. The van der Waals surface area contributed by atoms with Crippen molar-refractivity contribution in [2.75, 3.05) is 13.1 Å². The molecule has 0 aliphatic carbocycles. The van der Waals surface area contributed by atoms with Crippen LogP contribution in [0.1, 0.15) is 12.8 Å². The Balaban J connectivity index is 2.26. The summed E-state index contributed by atoms with van der Waals surface area (Å²) >= 11 is 0. The number of nitrogens with zero attached hydrogens (tertiary/aromatic N) is 1. The lowest BCUT2D eigenvalue weighted by atomic mass is 10.1. The summed E-state index contributed by atoms with van der Waals surface area (Å²) in [5.41, 5.74) is 7.28. The molecule has 1 amide bonds. The number of hydrogen-bond acceptors (Lipinski definition) is 1. The summed E-state index contributed by atoms with van der Waals surface area (Å²) in [4.78, 5) is 11.6. The fourth-order valence-electron chi connectivity index (χ4n) is 0.971. The van der Waals surface area contributed by atoms with Crippen LogP contribution < -0.4 is 5.73 Å². The van der Waals surface area contributed by atoms with Gasteiger partial charge >= 0.3 is 6.41 Å². The molecule has 1 saturated heterocycles. The summed E-state index contributed by atoms with van der Waals surface area (Å²) < 4.78 is 0. The van der Waals surface area contributed by atoms with E-state index < -0.39 is 0 Å². The summed E-state index contributed by atoms with van der Waals surface area (Å²) in [5.74, 6) is 0. The van der Waals surface area contributed by atoms with Gasteiger partial charge in [0, 0.05) is 19.1 Å². The molecular weight excluding hydrogens is 116 g/mol. The highest BCUT2D eigenvalue weighted by Crippen LogP contribution is 2.06. The zero-order chi connectivity index (χ0) is 6.69. The van der Waals surface area contributed by atoms with Gasteiger partial charge in [0.15, 0.2) is 0 Å². The highest BCUT2D eigenvalue weighted by molar-refractivity contribution is 5.48. The Bertz CT molecular complexity index is 97.2. The molecule has 0 aromatic carbocycles. The van der Waals surface area contributed by atoms with E-state index in [-0.39, 0.29) is 6.04 Å². The van der Waals surface area contributed by atoms with Crippen LogP contribution in [0.2, 0.25) is 0 Å². The van der Waals surface area contributed by atoms with Crippen LogP contribution in [0.25, 0.3) is 0 Å². The van der Waals surface area contributed by atoms with E-state index in [0.29, 0.717) is 0 Å². The van der Waals surface area contributed by atoms with Crippen LogP contribution in [0.15, 0.2) is 0 Å². The summed E-state index contributed by atoms with van der Waals surface area (Å²) in [5, 5.41) is 0. The van der Waals surface area contributed by atoms with Crippen molar-refractivity contribution in [3.8, 4) is 0 Å². The highest BCUT2D eigenvalue weighted by Gasteiger charge is 2.14. The minimum Gasteiger partial charge on any atom is -0.334 e. The first-order valence-corrected chi connectivity index (χ1v) is 3.17. The first-order chi connectivity index (χ1) is 4.33. The van der Waals surface area contributed by atoms with Gasteiger partial charge in [-0.25, -0.2) is 0 Å². The Morgan fingerprint density at radius 1 is 1.44 bits per heavy atom. The van der Waals surface area contributed by atoms with Crippen LogP contribution in [0.3, 0.4) is 0 Å². The van der Waals surface area contributed by atoms with Gasteiger partial charge in [0.25, 0.3) is 0 Å². The van der Waals surface area contributed by atoms with Gasteiger partial charge < -0.3 is 4.90 Å². The van der Waals surface area contributed by atoms with Gasteiger partial charge in [-0.15, -0.1) is 0 Å². The minimum absolute atomic E-state index is 0.0506. The highest BCUT2D eigenvalue weighted by atomic mass is 16.1. The molecule has 1 aliphatic rings. The van der Waals surface area contributed by atoms with Crippen molar-refractivity contribution >= 4 is 6.41 Å². The minimum atomic E-state index is 0.0506. The molecule has 1 rings (SSSR count). The van der Waals surface area contributed by atoms with Crippen LogP contribution in [0, 0.1) is 0 Å². The molecule has 0 bridgehead atoms. The molecule has 0 saturated carbocycles. The molecule has 1 fully saturated rings. The fraction of sp³-hybridized carbons (Fsp3) is 0.833. The molecule has 0 aromatic rings. The maximum Gasteiger partial charge on any atom is 0.312 e. The second kappa shape index (κ2) is 2.82. The number of likely N-dealkylation sites (tertiary alicyclic amines) is 1. The lowest BCUT2D eigenvalue weighted by molar-refractivity contribution is 0.294. The van der Waals surface area contributed by atoms with Crippen LogP contribution >= 0.6 is 0 Å². The number of piperidine rings is 1. The summed E-state index contributed by atoms with van der Waals surface area (Å²) in [6.45, 7) is 1.44. The van der Waals surface area contributed by atoms with Gasteiger partial charge in [-0.3, -0.25) is 10.5 Å². The first kappa shape index (κ1) is 6.55. The third kappa shape index (κ3) is 1.68. The molecule has 0 unspecified atom stereocenters. The maximum absolute atomic E-state index is 10.0. The number of amides is 1. The Hall–Kier alpha value is -0.570. The van der Waals surface area contributed by atoms with E-state index in [0.717, 1.165) is 25.9 Å². The second-order valence-electron chi connectivity index (χ2n) is 2.35. The van der Waals surface area contributed by atoms with Crippen LogP contribution in [-0.2, 0) is 4.79 Å². The topological polar surface area (TPSA) is 44.1 Å². The van der Waals surface area contributed by atoms with Crippen molar-refractivity contribution in [2.24, 2.45) is 0 Å². The zero-order valence-electron chi connectivity index (χ0n) is 5.26. The molecule has 0 atom stereocenters. The number of nitrogens with one attached hydrogen (secondary N) is 1. The average molecular weight is 126 g/mol. The smallest absolute Gasteiger partial charge is 0.312 e. The van der Waals surface area contributed by atoms with Gasteiger partial charge in [0.2, 0.25) is 0 Å². The molecule has 0 aromatic heterocycles. The van der Waals surface area contributed by atoms with Crippen LogP contribution in [0.4, 0.5) is 0 Å². The van der Waals surface area contributed by atoms with E-state index in [4.69, 9.17) is 5.73 Å². The second-order valence-corrected chi connectivity index (χ2v) is 2.35. The normalized spacial score (nSPS) is 22.1. The Kier molecular flexibility index (Phi) is 2.05. The van der Waals surface area contributed by atoms with Crippen molar-refractivity contribution < 1.29 is 4.79 Å². The summed E-state index contributed by atoms with van der Waals surface area (Å²) in [6, 6.07) is 0.0506. The summed E-state index contributed by atoms with van der Waals surface area (Å²) in [7, 11) is 0. The maximum atomic E-state index is 10.0. The molecule has 0 spiro atoms. The van der Waals surface area contributed by atoms with E-state index >= 15 is 0 Å². The predicted octanol–water partition coefficient (Wildman–Crippen LogP) is -0.199. The molecule has 2 radical (unpaired) electrons. The first-order valence-electron chi connectivity index (χ1n) is 3.17. The standard InChI is InChI=1S/C6H10N2O/c7-6-1-3-8(5-9)4-2-6/h6-7H,1-4H2. The number of carbonyl (C=O) groups excluding carboxylic acids is 1. The van der Waals surface area contributed by atoms with Crippen LogP contribution in [-0.4, -0.2) is 30.4 Å². The monoisotopic (exact) mass is 126 g/mol. The summed E-state index contributed by atoms with van der Waals surface area (Å²) in [6.07, 6.45) is 3.45. The molecule has 9 heavy (non-hydrogen) atoms. The Morgan fingerprint density at radius 2 is 2.00 bits per heavy atom. The van der Waals surface area contributed by atoms with E-state index in [1.807, 2.05) is 6.41 Å². The van der Waals surface area contributed by atoms with Crippen molar-refractivity contribution in [3.05, 3.63) is 0 Å². The predicted molar refractivity (Wildman–Crippen MR) is 33.4 cm³/mol. The van der Waals surface area contributed by atoms with Gasteiger partial charge in [-0.2, -0.15) is 0 Å². The SMILES string of the molecule is [NH]C1CCN([C]=O)CC1. The molecular formula is C6H10N2O. The number of rotatable bonds is 1. The van der Waals surface area contributed by atoms with Crippen molar-refractivity contribution in [2.45, 2.75) is 18.9 Å². The molecule has 1 N–H and O–H groups in total. The van der Waals surface area contributed by atoms with E-state index in [9.17, 15) is 4.79 Å². The fourth-order valence-corrected chi connectivity index (χ4v) is 0.971. The lowest BCUT2D eigenvalue weighted by Gasteiger charge is -2.24. The van der Waals surface area contributed by atoms with E-state index in [1.165, 1.54) is 0 Å². The van der Waals surface area contributed by atoms with Crippen LogP contribution in [0.5, 0.6) is 0 Å². The van der Waals surface area contributed by atoms with E-state index in [2.05, 4.69) is 0 Å².